The number of hydrogen-bond donors (Lipinski definition) is 1. The summed E-state index contributed by atoms with van der Waals surface area (Å²) in [5.74, 6) is -0.0560. The molecule has 0 spiro atoms. The highest BCUT2D eigenvalue weighted by molar-refractivity contribution is 5.93. The van der Waals surface area contributed by atoms with Gasteiger partial charge >= 0.3 is 0 Å². The van der Waals surface area contributed by atoms with E-state index in [1.165, 1.54) is 38.5 Å². The molecular weight excluding hydrogens is 252 g/mol. The molecule has 1 aromatic rings. The van der Waals surface area contributed by atoms with E-state index in [2.05, 4.69) is 11.9 Å². The van der Waals surface area contributed by atoms with Crippen molar-refractivity contribution in [1.29, 1.82) is 0 Å². The van der Waals surface area contributed by atoms with Gasteiger partial charge < -0.3 is 10.5 Å². The Morgan fingerprint density at radius 1 is 1.15 bits per heavy atom. The van der Waals surface area contributed by atoms with E-state index in [1.807, 2.05) is 0 Å². The number of carbonyl (C=O) groups is 1. The molecule has 0 aliphatic rings. The smallest absolute Gasteiger partial charge is 0.271 e. The lowest BCUT2D eigenvalue weighted by Gasteiger charge is -2.08. The number of pyridine rings is 1. The third kappa shape index (κ3) is 6.55. The Bertz CT molecular complexity index is 394. The molecule has 0 aromatic carbocycles. The van der Waals surface area contributed by atoms with Gasteiger partial charge in [-0.05, 0) is 18.6 Å². The first-order valence-electron chi connectivity index (χ1n) is 7.63. The Morgan fingerprint density at radius 3 is 2.45 bits per heavy atom. The summed E-state index contributed by atoms with van der Waals surface area (Å²) in [4.78, 5) is 15.1. The highest BCUT2D eigenvalue weighted by atomic mass is 16.5. The summed E-state index contributed by atoms with van der Waals surface area (Å²) in [7, 11) is 0. The molecule has 4 heteroatoms. The predicted molar refractivity (Wildman–Crippen MR) is 80.9 cm³/mol. The van der Waals surface area contributed by atoms with Crippen molar-refractivity contribution in [2.75, 3.05) is 6.61 Å². The number of carbonyl (C=O) groups excluding carboxylic acids is 1. The van der Waals surface area contributed by atoms with Gasteiger partial charge in [-0.1, -0.05) is 51.9 Å². The first-order valence-corrected chi connectivity index (χ1v) is 7.63. The van der Waals surface area contributed by atoms with E-state index in [1.54, 1.807) is 18.3 Å². The molecule has 0 aliphatic carbocycles. The zero-order valence-electron chi connectivity index (χ0n) is 12.4. The zero-order chi connectivity index (χ0) is 14.6. The van der Waals surface area contributed by atoms with E-state index < -0.39 is 5.91 Å². The zero-order valence-corrected chi connectivity index (χ0v) is 12.4. The van der Waals surface area contributed by atoms with Gasteiger partial charge in [0.05, 0.1) is 6.61 Å². The highest BCUT2D eigenvalue weighted by Crippen LogP contribution is 2.15. The molecule has 1 heterocycles. The lowest BCUT2D eigenvalue weighted by Crippen LogP contribution is -2.15. The van der Waals surface area contributed by atoms with Crippen LogP contribution in [0.25, 0.3) is 0 Å². The number of ether oxygens (including phenoxy) is 1. The van der Waals surface area contributed by atoms with Crippen LogP contribution in [0.3, 0.4) is 0 Å². The van der Waals surface area contributed by atoms with Gasteiger partial charge in [-0.15, -0.1) is 0 Å². The Balaban J connectivity index is 2.11. The van der Waals surface area contributed by atoms with E-state index in [4.69, 9.17) is 10.5 Å². The number of hydrogen-bond acceptors (Lipinski definition) is 3. The second-order valence-corrected chi connectivity index (χ2v) is 5.04. The van der Waals surface area contributed by atoms with Crippen molar-refractivity contribution in [3.05, 3.63) is 24.0 Å². The third-order valence-corrected chi connectivity index (χ3v) is 3.26. The van der Waals surface area contributed by atoms with Crippen molar-refractivity contribution >= 4 is 5.91 Å². The first kappa shape index (κ1) is 16.5. The number of rotatable bonds is 11. The first-order chi connectivity index (χ1) is 9.75. The number of unbranched alkanes of at least 4 members (excludes halogenated alkanes) is 7. The molecule has 0 radical (unpaired) electrons. The molecule has 0 bridgehead atoms. The van der Waals surface area contributed by atoms with Gasteiger partial charge in [0.2, 0.25) is 0 Å². The summed E-state index contributed by atoms with van der Waals surface area (Å²) in [5.41, 5.74) is 5.46. The average Bonchev–Trinajstić information content (AvgIpc) is 2.46. The van der Waals surface area contributed by atoms with Crippen molar-refractivity contribution in [1.82, 2.24) is 4.98 Å². The highest BCUT2D eigenvalue weighted by Gasteiger charge is 2.09. The van der Waals surface area contributed by atoms with Crippen LogP contribution >= 0.6 is 0 Å². The second-order valence-electron chi connectivity index (χ2n) is 5.04. The van der Waals surface area contributed by atoms with Crippen molar-refractivity contribution < 1.29 is 9.53 Å². The Kier molecular flexibility index (Phi) is 8.43. The van der Waals surface area contributed by atoms with Crippen molar-refractivity contribution in [2.24, 2.45) is 5.73 Å². The minimum Gasteiger partial charge on any atom is -0.491 e. The SMILES string of the molecule is CCCCCCCCCCOc1cccnc1C(N)=O. The monoisotopic (exact) mass is 278 g/mol. The number of nitrogens with zero attached hydrogens (tertiary/aromatic N) is 1. The quantitative estimate of drug-likeness (QED) is 0.628. The number of amides is 1. The topological polar surface area (TPSA) is 65.2 Å². The summed E-state index contributed by atoms with van der Waals surface area (Å²) in [5, 5.41) is 0. The minimum atomic E-state index is -0.545. The molecule has 0 aliphatic heterocycles. The van der Waals surface area contributed by atoms with E-state index >= 15 is 0 Å². The molecule has 0 saturated carbocycles. The van der Waals surface area contributed by atoms with E-state index in [-0.39, 0.29) is 5.69 Å². The van der Waals surface area contributed by atoms with Gasteiger partial charge in [-0.3, -0.25) is 4.79 Å². The molecule has 0 fully saturated rings. The molecule has 4 nitrogen and oxygen atoms in total. The number of nitrogens with two attached hydrogens (primary N) is 1. The van der Waals surface area contributed by atoms with Gasteiger partial charge in [0, 0.05) is 6.20 Å². The van der Waals surface area contributed by atoms with E-state index in [0.29, 0.717) is 12.4 Å². The molecular formula is C16H26N2O2. The molecule has 0 unspecified atom stereocenters. The maximum absolute atomic E-state index is 11.2. The molecule has 1 aromatic heterocycles. The van der Waals surface area contributed by atoms with Crippen molar-refractivity contribution in [2.45, 2.75) is 58.3 Å². The number of aromatic nitrogens is 1. The van der Waals surface area contributed by atoms with Crippen LogP contribution in [0.15, 0.2) is 18.3 Å². The average molecular weight is 278 g/mol. The van der Waals surface area contributed by atoms with Crippen LogP contribution in [0, 0.1) is 0 Å². The van der Waals surface area contributed by atoms with Gasteiger partial charge in [0.25, 0.3) is 5.91 Å². The maximum atomic E-state index is 11.2. The number of primary amides is 1. The van der Waals surface area contributed by atoms with Gasteiger partial charge in [-0.25, -0.2) is 4.98 Å². The lowest BCUT2D eigenvalue weighted by molar-refractivity contribution is 0.0991. The summed E-state index contributed by atoms with van der Waals surface area (Å²) in [6.45, 7) is 2.84. The lowest BCUT2D eigenvalue weighted by atomic mass is 10.1. The summed E-state index contributed by atoms with van der Waals surface area (Å²) >= 11 is 0. The molecule has 0 saturated heterocycles. The van der Waals surface area contributed by atoms with E-state index in [9.17, 15) is 4.79 Å². The van der Waals surface area contributed by atoms with Crippen LogP contribution < -0.4 is 10.5 Å². The van der Waals surface area contributed by atoms with Gasteiger partial charge in [-0.2, -0.15) is 0 Å². The molecule has 0 atom stereocenters. The van der Waals surface area contributed by atoms with Crippen molar-refractivity contribution in [3.8, 4) is 5.75 Å². The maximum Gasteiger partial charge on any atom is 0.271 e. The molecule has 112 valence electrons. The Labute approximate surface area is 121 Å². The Morgan fingerprint density at radius 2 is 1.80 bits per heavy atom. The second kappa shape index (κ2) is 10.2. The molecule has 1 amide bonds. The van der Waals surface area contributed by atoms with Crippen LogP contribution in [0.4, 0.5) is 0 Å². The summed E-state index contributed by atoms with van der Waals surface area (Å²) < 4.78 is 5.58. The summed E-state index contributed by atoms with van der Waals surface area (Å²) in [6, 6.07) is 3.48. The predicted octanol–water partition coefficient (Wildman–Crippen LogP) is 3.70. The minimum absolute atomic E-state index is 0.215. The molecule has 2 N–H and O–H groups in total. The van der Waals surface area contributed by atoms with Crippen LogP contribution in [-0.4, -0.2) is 17.5 Å². The molecule has 20 heavy (non-hydrogen) atoms. The Hall–Kier alpha value is -1.58. The molecule has 1 rings (SSSR count). The fraction of sp³-hybridized carbons (Fsp3) is 0.625. The normalized spacial score (nSPS) is 10.4. The van der Waals surface area contributed by atoms with Gasteiger partial charge in [0.1, 0.15) is 0 Å². The fourth-order valence-electron chi connectivity index (χ4n) is 2.11. The van der Waals surface area contributed by atoms with Crippen LogP contribution in [-0.2, 0) is 0 Å². The summed E-state index contributed by atoms with van der Waals surface area (Å²) in [6.07, 6.45) is 11.6. The van der Waals surface area contributed by atoms with Crippen LogP contribution in [0.2, 0.25) is 0 Å². The van der Waals surface area contributed by atoms with Gasteiger partial charge in [0.15, 0.2) is 11.4 Å². The van der Waals surface area contributed by atoms with Crippen LogP contribution in [0.1, 0.15) is 68.8 Å². The van der Waals surface area contributed by atoms with Crippen LogP contribution in [0.5, 0.6) is 5.75 Å². The van der Waals surface area contributed by atoms with E-state index in [0.717, 1.165) is 12.8 Å². The fourth-order valence-corrected chi connectivity index (χ4v) is 2.11. The standard InChI is InChI=1S/C16H26N2O2/c1-2-3-4-5-6-7-8-9-13-20-14-11-10-12-18-15(14)16(17)19/h10-12H,2-9,13H2,1H3,(H2,17,19). The van der Waals surface area contributed by atoms with Crippen molar-refractivity contribution in [3.63, 3.8) is 0 Å². The largest absolute Gasteiger partial charge is 0.491 e. The third-order valence-electron chi connectivity index (χ3n) is 3.26.